The molecule has 1 saturated carbocycles. The third-order valence-electron chi connectivity index (χ3n) is 3.62. The molecule has 0 saturated heterocycles. The van der Waals surface area contributed by atoms with Gasteiger partial charge in [0.05, 0.1) is 0 Å². The molecule has 96 valence electrons. The van der Waals surface area contributed by atoms with Gasteiger partial charge in [0.25, 0.3) is 0 Å². The highest BCUT2D eigenvalue weighted by molar-refractivity contribution is 5.83. The van der Waals surface area contributed by atoms with Gasteiger partial charge in [-0.1, -0.05) is 26.0 Å². The highest BCUT2D eigenvalue weighted by Gasteiger charge is 2.20. The molecular weight excluding hydrogens is 220 g/mol. The van der Waals surface area contributed by atoms with Crippen molar-refractivity contribution in [3.63, 3.8) is 0 Å². The van der Waals surface area contributed by atoms with E-state index >= 15 is 0 Å². The number of hydrogen-bond donors (Lipinski definition) is 1. The Morgan fingerprint density at radius 1 is 1.28 bits per heavy atom. The molecule has 1 fully saturated rings. The number of aromatic nitrogens is 1. The minimum atomic E-state index is 0.689. The molecule has 0 radical (unpaired) electrons. The Morgan fingerprint density at radius 2 is 2.11 bits per heavy atom. The highest BCUT2D eigenvalue weighted by Crippen LogP contribution is 2.23. The van der Waals surface area contributed by atoms with Gasteiger partial charge in [0.1, 0.15) is 0 Å². The maximum Gasteiger partial charge on any atom is 0.0483 e. The molecule has 0 amide bonds. The average molecular weight is 242 g/mol. The predicted molar refractivity (Wildman–Crippen MR) is 76.6 cm³/mol. The van der Waals surface area contributed by atoms with Crippen molar-refractivity contribution in [1.82, 2.24) is 9.88 Å². The van der Waals surface area contributed by atoms with Gasteiger partial charge in [0, 0.05) is 36.2 Å². The van der Waals surface area contributed by atoms with Crippen LogP contribution in [0.1, 0.15) is 32.3 Å². The zero-order valence-electron chi connectivity index (χ0n) is 11.3. The first kappa shape index (κ1) is 11.8. The van der Waals surface area contributed by atoms with Crippen molar-refractivity contribution in [2.75, 3.05) is 0 Å². The lowest BCUT2D eigenvalue weighted by atomic mass is 10.1. The van der Waals surface area contributed by atoms with E-state index in [0.29, 0.717) is 5.92 Å². The van der Waals surface area contributed by atoms with Crippen LogP contribution in [0.5, 0.6) is 0 Å². The molecule has 0 spiro atoms. The van der Waals surface area contributed by atoms with Gasteiger partial charge in [-0.3, -0.25) is 0 Å². The summed E-state index contributed by atoms with van der Waals surface area (Å²) < 4.78 is 2.38. The zero-order chi connectivity index (χ0) is 12.5. The Hall–Kier alpha value is -1.28. The van der Waals surface area contributed by atoms with Crippen molar-refractivity contribution in [3.05, 3.63) is 36.0 Å². The van der Waals surface area contributed by atoms with Crippen LogP contribution in [-0.2, 0) is 13.1 Å². The van der Waals surface area contributed by atoms with Crippen LogP contribution < -0.4 is 5.32 Å². The van der Waals surface area contributed by atoms with Gasteiger partial charge in [0.15, 0.2) is 0 Å². The smallest absolute Gasteiger partial charge is 0.0483 e. The number of benzene rings is 1. The number of hydrogen-bond acceptors (Lipinski definition) is 1. The normalized spacial score (nSPS) is 15.7. The molecule has 1 aromatic heterocycles. The largest absolute Gasteiger partial charge is 0.347 e. The second kappa shape index (κ2) is 4.77. The Balaban J connectivity index is 1.87. The number of nitrogens with zero attached hydrogens (tertiary/aromatic N) is 1. The first-order chi connectivity index (χ1) is 8.74. The number of rotatable bonds is 5. The quantitative estimate of drug-likeness (QED) is 0.848. The molecule has 2 aromatic rings. The molecule has 1 aliphatic carbocycles. The van der Waals surface area contributed by atoms with E-state index in [2.05, 4.69) is 54.2 Å². The Labute approximate surface area is 109 Å². The fraction of sp³-hybridized carbons (Fsp3) is 0.500. The maximum atomic E-state index is 3.61. The van der Waals surface area contributed by atoms with E-state index in [-0.39, 0.29) is 0 Å². The van der Waals surface area contributed by atoms with E-state index in [4.69, 9.17) is 0 Å². The van der Waals surface area contributed by atoms with Gasteiger partial charge in [0.2, 0.25) is 0 Å². The van der Waals surface area contributed by atoms with Crippen LogP contribution in [0.3, 0.4) is 0 Å². The maximum absolute atomic E-state index is 3.61. The summed E-state index contributed by atoms with van der Waals surface area (Å²) in [4.78, 5) is 0. The summed E-state index contributed by atoms with van der Waals surface area (Å²) in [7, 11) is 0. The van der Waals surface area contributed by atoms with Gasteiger partial charge in [-0.2, -0.15) is 0 Å². The molecule has 0 atom stereocenters. The van der Waals surface area contributed by atoms with Crippen molar-refractivity contribution in [1.29, 1.82) is 0 Å². The third kappa shape index (κ3) is 2.44. The third-order valence-corrected chi connectivity index (χ3v) is 3.62. The summed E-state index contributed by atoms with van der Waals surface area (Å²) in [6.45, 7) is 6.64. The highest BCUT2D eigenvalue weighted by atomic mass is 15.0. The predicted octanol–water partition coefficient (Wildman–Crippen LogP) is 3.55. The second-order valence-corrected chi connectivity index (χ2v) is 5.87. The van der Waals surface area contributed by atoms with Crippen molar-refractivity contribution in [2.24, 2.45) is 5.92 Å². The fourth-order valence-corrected chi connectivity index (χ4v) is 2.54. The molecule has 0 unspecified atom stereocenters. The monoisotopic (exact) mass is 242 g/mol. The van der Waals surface area contributed by atoms with Crippen LogP contribution in [0.2, 0.25) is 0 Å². The molecule has 3 rings (SSSR count). The fourth-order valence-electron chi connectivity index (χ4n) is 2.54. The van der Waals surface area contributed by atoms with E-state index in [1.165, 1.54) is 29.3 Å². The number of fused-ring (bicyclic) bond motifs is 1. The zero-order valence-corrected chi connectivity index (χ0v) is 11.3. The van der Waals surface area contributed by atoms with E-state index < -0.39 is 0 Å². The summed E-state index contributed by atoms with van der Waals surface area (Å²) in [5.74, 6) is 0.689. The second-order valence-electron chi connectivity index (χ2n) is 5.87. The lowest BCUT2D eigenvalue weighted by Gasteiger charge is -2.10. The first-order valence-electron chi connectivity index (χ1n) is 7.04. The van der Waals surface area contributed by atoms with Gasteiger partial charge in [-0.15, -0.1) is 0 Å². The molecule has 1 N–H and O–H groups in total. The van der Waals surface area contributed by atoms with Crippen molar-refractivity contribution in [3.8, 4) is 0 Å². The summed E-state index contributed by atoms with van der Waals surface area (Å²) >= 11 is 0. The number of nitrogens with one attached hydrogen (secondary N) is 1. The first-order valence-corrected chi connectivity index (χ1v) is 7.04. The van der Waals surface area contributed by atoms with Crippen LogP contribution in [-0.4, -0.2) is 10.6 Å². The Bertz CT molecular complexity index is 535. The van der Waals surface area contributed by atoms with E-state index in [9.17, 15) is 0 Å². The molecule has 2 nitrogen and oxygen atoms in total. The summed E-state index contributed by atoms with van der Waals surface area (Å²) in [5, 5.41) is 5.01. The molecule has 2 heteroatoms. The molecule has 0 bridgehead atoms. The molecule has 1 aliphatic rings. The summed E-state index contributed by atoms with van der Waals surface area (Å²) in [6, 6.07) is 9.71. The topological polar surface area (TPSA) is 17.0 Å². The molecular formula is C16H22N2. The molecule has 18 heavy (non-hydrogen) atoms. The minimum absolute atomic E-state index is 0.689. The summed E-state index contributed by atoms with van der Waals surface area (Å²) in [5.41, 5.74) is 2.81. The molecule has 0 aliphatic heterocycles. The van der Waals surface area contributed by atoms with Crippen LogP contribution in [0.15, 0.2) is 30.5 Å². The lowest BCUT2D eigenvalue weighted by Crippen LogP contribution is -2.15. The van der Waals surface area contributed by atoms with Crippen LogP contribution in [0, 0.1) is 5.92 Å². The summed E-state index contributed by atoms with van der Waals surface area (Å²) in [6.07, 6.45) is 4.93. The minimum Gasteiger partial charge on any atom is -0.347 e. The van der Waals surface area contributed by atoms with Crippen molar-refractivity contribution < 1.29 is 0 Å². The Kier molecular flexibility index (Phi) is 3.13. The van der Waals surface area contributed by atoms with Crippen molar-refractivity contribution >= 4 is 10.9 Å². The van der Waals surface area contributed by atoms with Crippen molar-refractivity contribution in [2.45, 2.75) is 45.8 Å². The Morgan fingerprint density at radius 3 is 2.83 bits per heavy atom. The standard InChI is InChI=1S/C16H22N2/c1-12(2)11-18-9-8-15-13(4-3-5-16(15)18)10-17-14-6-7-14/h3-5,8-9,12,14,17H,6-7,10-11H2,1-2H3. The van der Waals surface area contributed by atoms with Gasteiger partial charge in [-0.25, -0.2) is 0 Å². The lowest BCUT2D eigenvalue weighted by molar-refractivity contribution is 0.535. The van der Waals surface area contributed by atoms with Crippen LogP contribution in [0.25, 0.3) is 10.9 Å². The van der Waals surface area contributed by atoms with E-state index in [1.807, 2.05) is 0 Å². The van der Waals surface area contributed by atoms with Gasteiger partial charge in [-0.05, 0) is 36.5 Å². The van der Waals surface area contributed by atoms with E-state index in [1.54, 1.807) is 0 Å². The van der Waals surface area contributed by atoms with Gasteiger partial charge >= 0.3 is 0 Å². The van der Waals surface area contributed by atoms with E-state index in [0.717, 1.165) is 19.1 Å². The van der Waals surface area contributed by atoms with Gasteiger partial charge < -0.3 is 9.88 Å². The SMILES string of the molecule is CC(C)Cn1ccc2c(CNC3CC3)cccc21. The van der Waals surface area contributed by atoms with Crippen LogP contribution in [0.4, 0.5) is 0 Å². The average Bonchev–Trinajstić information content (AvgIpc) is 3.09. The van der Waals surface area contributed by atoms with Crippen LogP contribution >= 0.6 is 0 Å². The molecule has 1 aromatic carbocycles. The molecule has 1 heterocycles.